The van der Waals surface area contributed by atoms with E-state index < -0.39 is 0 Å². The number of ether oxygens (including phenoxy) is 2. The molecule has 1 aromatic heterocycles. The number of hydrogen-bond donors (Lipinski definition) is 0. The van der Waals surface area contributed by atoms with Gasteiger partial charge in [0.25, 0.3) is 5.91 Å². The lowest BCUT2D eigenvalue weighted by molar-refractivity contribution is -0.0675. The van der Waals surface area contributed by atoms with Crippen LogP contribution in [0.5, 0.6) is 5.75 Å². The van der Waals surface area contributed by atoms with E-state index in [0.717, 1.165) is 25.1 Å². The van der Waals surface area contributed by atoms with Crippen molar-refractivity contribution in [1.82, 2.24) is 14.7 Å². The third kappa shape index (κ3) is 3.46. The van der Waals surface area contributed by atoms with Crippen molar-refractivity contribution in [1.29, 1.82) is 0 Å². The van der Waals surface area contributed by atoms with Crippen LogP contribution in [0.4, 0.5) is 0 Å². The Labute approximate surface area is 153 Å². The summed E-state index contributed by atoms with van der Waals surface area (Å²) in [6, 6.07) is 11.6. The molecule has 2 aromatic rings. The van der Waals surface area contributed by atoms with Crippen LogP contribution in [-0.4, -0.2) is 52.0 Å². The molecule has 0 aliphatic carbocycles. The number of aromatic nitrogens is 2. The van der Waals surface area contributed by atoms with Gasteiger partial charge in [-0.3, -0.25) is 9.48 Å². The van der Waals surface area contributed by atoms with Crippen LogP contribution in [0, 0.1) is 5.92 Å². The molecule has 0 saturated carbocycles. The van der Waals surface area contributed by atoms with E-state index >= 15 is 0 Å². The predicted octanol–water partition coefficient (Wildman–Crippen LogP) is 2.51. The van der Waals surface area contributed by atoms with Gasteiger partial charge in [0.15, 0.2) is 0 Å². The Morgan fingerprint density at radius 1 is 1.35 bits per heavy atom. The summed E-state index contributed by atoms with van der Waals surface area (Å²) in [5.41, 5.74) is 0.204. The lowest BCUT2D eigenvalue weighted by Gasteiger charge is -2.33. The number of hydrogen-bond acceptors (Lipinski definition) is 4. The van der Waals surface area contributed by atoms with Gasteiger partial charge in [-0.25, -0.2) is 0 Å². The molecule has 1 aromatic carbocycles. The molecular formula is C20H25N3O3. The fourth-order valence-electron chi connectivity index (χ4n) is 4.05. The Morgan fingerprint density at radius 2 is 2.15 bits per heavy atom. The van der Waals surface area contributed by atoms with Gasteiger partial charge in [0, 0.05) is 32.3 Å². The molecule has 2 aliphatic rings. The zero-order valence-corrected chi connectivity index (χ0v) is 15.3. The van der Waals surface area contributed by atoms with E-state index in [1.807, 2.05) is 42.3 Å². The molecule has 0 unspecified atom stereocenters. The average molecular weight is 355 g/mol. The number of para-hydroxylation sites is 1. The number of aryl methyl sites for hydroxylation is 1. The number of benzene rings is 1. The summed E-state index contributed by atoms with van der Waals surface area (Å²) < 4.78 is 13.9. The lowest BCUT2D eigenvalue weighted by atomic mass is 9.89. The summed E-state index contributed by atoms with van der Waals surface area (Å²) in [7, 11) is 1.83. The Bertz CT molecular complexity index is 776. The van der Waals surface area contributed by atoms with Gasteiger partial charge in [-0.05, 0) is 38.0 Å². The quantitative estimate of drug-likeness (QED) is 0.846. The molecule has 2 aliphatic heterocycles. The van der Waals surface area contributed by atoms with Crippen molar-refractivity contribution >= 4 is 5.91 Å². The van der Waals surface area contributed by atoms with Crippen molar-refractivity contribution < 1.29 is 14.3 Å². The maximum atomic E-state index is 12.7. The second kappa shape index (κ2) is 6.76. The number of fused-ring (bicyclic) bond motifs is 1. The predicted molar refractivity (Wildman–Crippen MR) is 97.1 cm³/mol. The lowest BCUT2D eigenvalue weighted by Crippen LogP contribution is -2.44. The third-order valence-electron chi connectivity index (χ3n) is 5.30. The van der Waals surface area contributed by atoms with Gasteiger partial charge in [-0.15, -0.1) is 0 Å². The van der Waals surface area contributed by atoms with Gasteiger partial charge >= 0.3 is 0 Å². The maximum Gasteiger partial charge on any atom is 0.274 e. The molecule has 3 heterocycles. The minimum atomic E-state index is -0.310. The van der Waals surface area contributed by atoms with Crippen LogP contribution < -0.4 is 4.74 Å². The Kier molecular flexibility index (Phi) is 4.44. The van der Waals surface area contributed by atoms with E-state index in [0.29, 0.717) is 24.8 Å². The highest BCUT2D eigenvalue weighted by atomic mass is 16.6. The normalized spacial score (nSPS) is 28.0. The molecule has 0 bridgehead atoms. The number of piperidine rings is 1. The topological polar surface area (TPSA) is 56.6 Å². The van der Waals surface area contributed by atoms with E-state index in [9.17, 15) is 4.79 Å². The first-order chi connectivity index (χ1) is 12.5. The van der Waals surface area contributed by atoms with E-state index in [-0.39, 0.29) is 17.6 Å². The molecule has 0 N–H and O–H groups in total. The van der Waals surface area contributed by atoms with Crippen molar-refractivity contribution in [2.45, 2.75) is 31.5 Å². The van der Waals surface area contributed by atoms with Crippen LogP contribution >= 0.6 is 0 Å². The fourth-order valence-corrected chi connectivity index (χ4v) is 4.05. The molecular weight excluding hydrogens is 330 g/mol. The van der Waals surface area contributed by atoms with E-state index in [1.165, 1.54) is 0 Å². The SMILES string of the molecule is Cn1ccc(C(=O)N2CC[C@@H]3O[C@@](C)(COc4ccccc4)C[C@@H]3C2)n1. The number of carbonyl (C=O) groups excluding carboxylic acids is 1. The largest absolute Gasteiger partial charge is 0.491 e. The first-order valence-corrected chi connectivity index (χ1v) is 9.17. The van der Waals surface area contributed by atoms with Gasteiger partial charge in [0.2, 0.25) is 0 Å². The van der Waals surface area contributed by atoms with Crippen molar-refractivity contribution in [3.8, 4) is 5.75 Å². The molecule has 6 heteroatoms. The molecule has 2 saturated heterocycles. The molecule has 0 radical (unpaired) electrons. The summed E-state index contributed by atoms with van der Waals surface area (Å²) in [6.45, 7) is 4.07. The second-order valence-electron chi connectivity index (χ2n) is 7.59. The maximum absolute atomic E-state index is 12.7. The van der Waals surface area contributed by atoms with Gasteiger partial charge in [-0.1, -0.05) is 18.2 Å². The summed E-state index contributed by atoms with van der Waals surface area (Å²) in [6.07, 6.45) is 3.77. The molecule has 2 fully saturated rings. The van der Waals surface area contributed by atoms with Crippen LogP contribution in [-0.2, 0) is 11.8 Å². The van der Waals surface area contributed by atoms with Crippen LogP contribution in [0.15, 0.2) is 42.6 Å². The van der Waals surface area contributed by atoms with Crippen LogP contribution in [0.2, 0.25) is 0 Å². The molecule has 4 rings (SSSR count). The summed E-state index contributed by atoms with van der Waals surface area (Å²) in [5.74, 6) is 1.22. The highest BCUT2D eigenvalue weighted by Gasteiger charge is 2.47. The molecule has 3 atom stereocenters. The monoisotopic (exact) mass is 355 g/mol. The molecule has 1 amide bonds. The van der Waals surface area contributed by atoms with Gasteiger partial charge < -0.3 is 14.4 Å². The van der Waals surface area contributed by atoms with Crippen molar-refractivity contribution in [3.05, 3.63) is 48.3 Å². The third-order valence-corrected chi connectivity index (χ3v) is 5.30. The zero-order chi connectivity index (χ0) is 18.1. The molecule has 138 valence electrons. The number of nitrogens with zero attached hydrogens (tertiary/aromatic N) is 3. The number of rotatable bonds is 4. The fraction of sp³-hybridized carbons (Fsp3) is 0.500. The van der Waals surface area contributed by atoms with Gasteiger partial charge in [0.05, 0.1) is 6.10 Å². The van der Waals surface area contributed by atoms with Crippen LogP contribution in [0.25, 0.3) is 0 Å². The number of amides is 1. The molecule has 26 heavy (non-hydrogen) atoms. The highest BCUT2D eigenvalue weighted by molar-refractivity contribution is 5.92. The Morgan fingerprint density at radius 3 is 2.88 bits per heavy atom. The molecule has 0 spiro atoms. The molecule has 6 nitrogen and oxygen atoms in total. The van der Waals surface area contributed by atoms with E-state index in [4.69, 9.17) is 9.47 Å². The number of likely N-dealkylation sites (tertiary alicyclic amines) is 1. The van der Waals surface area contributed by atoms with Gasteiger partial charge in [0.1, 0.15) is 23.7 Å². The number of carbonyl (C=O) groups is 1. The Hall–Kier alpha value is -2.34. The van der Waals surface area contributed by atoms with Crippen molar-refractivity contribution in [3.63, 3.8) is 0 Å². The van der Waals surface area contributed by atoms with Crippen molar-refractivity contribution in [2.24, 2.45) is 13.0 Å². The minimum Gasteiger partial charge on any atom is -0.491 e. The van der Waals surface area contributed by atoms with E-state index in [1.54, 1.807) is 16.9 Å². The van der Waals surface area contributed by atoms with E-state index in [2.05, 4.69) is 12.0 Å². The summed E-state index contributed by atoms with van der Waals surface area (Å²) in [5, 5.41) is 4.24. The first kappa shape index (κ1) is 17.1. The minimum absolute atomic E-state index is 0.0122. The van der Waals surface area contributed by atoms with Crippen LogP contribution in [0.1, 0.15) is 30.3 Å². The van der Waals surface area contributed by atoms with Crippen LogP contribution in [0.3, 0.4) is 0 Å². The summed E-state index contributed by atoms with van der Waals surface area (Å²) >= 11 is 0. The smallest absolute Gasteiger partial charge is 0.274 e. The summed E-state index contributed by atoms with van der Waals surface area (Å²) in [4.78, 5) is 14.6. The Balaban J connectivity index is 1.37. The highest BCUT2D eigenvalue weighted by Crippen LogP contribution is 2.39. The first-order valence-electron chi connectivity index (χ1n) is 9.17. The van der Waals surface area contributed by atoms with Gasteiger partial charge in [-0.2, -0.15) is 5.10 Å². The second-order valence-corrected chi connectivity index (χ2v) is 7.59. The zero-order valence-electron chi connectivity index (χ0n) is 15.3. The van der Waals surface area contributed by atoms with Crippen molar-refractivity contribution in [2.75, 3.05) is 19.7 Å². The standard InChI is InChI=1S/C20H25N3O3/c1-20(14-25-16-6-4-3-5-7-16)12-15-13-23(11-9-18(15)26-20)19(24)17-8-10-22(2)21-17/h3-8,10,15,18H,9,11-14H2,1-2H3/t15-,18+,20-/m1/s1. The average Bonchev–Trinajstić information content (AvgIpc) is 3.22.